The van der Waals surface area contributed by atoms with E-state index in [0.29, 0.717) is 5.56 Å². The highest BCUT2D eigenvalue weighted by Crippen LogP contribution is 2.27. The molecule has 1 aliphatic heterocycles. The highest BCUT2D eigenvalue weighted by atomic mass is 32.2. The van der Waals surface area contributed by atoms with Gasteiger partial charge in [-0.1, -0.05) is 18.2 Å². The van der Waals surface area contributed by atoms with Crippen molar-refractivity contribution < 1.29 is 17.6 Å². The van der Waals surface area contributed by atoms with Crippen LogP contribution in [0.2, 0.25) is 0 Å². The molecule has 1 heterocycles. The van der Waals surface area contributed by atoms with Crippen molar-refractivity contribution in [2.75, 3.05) is 18.6 Å². The zero-order valence-electron chi connectivity index (χ0n) is 11.3. The summed E-state index contributed by atoms with van der Waals surface area (Å²) in [5.74, 6) is -0.795. The molecule has 0 aliphatic carbocycles. The van der Waals surface area contributed by atoms with Gasteiger partial charge in [-0.2, -0.15) is 0 Å². The van der Waals surface area contributed by atoms with E-state index in [2.05, 4.69) is 5.32 Å². The van der Waals surface area contributed by atoms with Crippen LogP contribution in [-0.2, 0) is 14.6 Å². The summed E-state index contributed by atoms with van der Waals surface area (Å²) in [5, 5.41) is 2.92. The number of carbonyl (C=O) groups is 1. The quantitative estimate of drug-likeness (QED) is 0.888. The minimum absolute atomic E-state index is 0.0765. The van der Waals surface area contributed by atoms with Gasteiger partial charge in [0, 0.05) is 17.9 Å². The van der Waals surface area contributed by atoms with E-state index in [1.807, 2.05) is 0 Å². The third-order valence-electron chi connectivity index (χ3n) is 3.23. The fraction of sp³-hybridized carbons (Fsp3) is 0.462. The first-order chi connectivity index (χ1) is 9.29. The van der Waals surface area contributed by atoms with E-state index < -0.39 is 27.9 Å². The summed E-state index contributed by atoms with van der Waals surface area (Å²) < 4.78 is 36.6. The molecule has 5 nitrogen and oxygen atoms in total. The second kappa shape index (κ2) is 5.49. The molecule has 1 aromatic rings. The summed E-state index contributed by atoms with van der Waals surface area (Å²) in [6.07, 6.45) is 0.496. The molecule has 1 N–H and O–H groups in total. The number of benzene rings is 1. The van der Waals surface area contributed by atoms with Crippen molar-refractivity contribution in [3.05, 3.63) is 35.6 Å². The molecule has 110 valence electrons. The maximum Gasteiger partial charge on any atom is 0.238 e. The molecule has 1 fully saturated rings. The monoisotopic (exact) mass is 300 g/mol. The molecule has 0 saturated carbocycles. The summed E-state index contributed by atoms with van der Waals surface area (Å²) >= 11 is 0. The summed E-state index contributed by atoms with van der Waals surface area (Å²) in [5.41, 5.74) is 0.346. The predicted molar refractivity (Wildman–Crippen MR) is 73.2 cm³/mol. The highest BCUT2D eigenvalue weighted by molar-refractivity contribution is 7.90. The number of nitrogens with one attached hydrogen (secondary N) is 1. The number of hydrogen-bond donors (Lipinski definition) is 1. The minimum Gasteiger partial charge on any atom is -0.318 e. The number of carbonyl (C=O) groups excluding carboxylic acids is 1. The van der Waals surface area contributed by atoms with Gasteiger partial charge in [0.2, 0.25) is 5.91 Å². The van der Waals surface area contributed by atoms with Crippen molar-refractivity contribution in [3.63, 3.8) is 0 Å². The third kappa shape index (κ3) is 3.16. The van der Waals surface area contributed by atoms with E-state index in [4.69, 9.17) is 0 Å². The van der Waals surface area contributed by atoms with Gasteiger partial charge in [-0.3, -0.25) is 10.1 Å². The number of sulfone groups is 1. The Labute approximate surface area is 117 Å². The summed E-state index contributed by atoms with van der Waals surface area (Å²) in [7, 11) is -3.22. The van der Waals surface area contributed by atoms with E-state index in [-0.39, 0.29) is 18.2 Å². The van der Waals surface area contributed by atoms with Gasteiger partial charge < -0.3 is 4.90 Å². The summed E-state index contributed by atoms with van der Waals surface area (Å²) in [6, 6.07) is 5.64. The van der Waals surface area contributed by atoms with E-state index in [1.165, 1.54) is 11.0 Å². The molecule has 7 heteroatoms. The number of rotatable bonds is 4. The first-order valence-electron chi connectivity index (χ1n) is 6.26. The van der Waals surface area contributed by atoms with E-state index in [1.54, 1.807) is 25.1 Å². The SMILES string of the molecule is CC(CS(C)(=O)=O)N1C(=O)CNC1c1ccccc1F. The van der Waals surface area contributed by atoms with Crippen molar-refractivity contribution in [2.45, 2.75) is 19.1 Å². The largest absolute Gasteiger partial charge is 0.318 e. The van der Waals surface area contributed by atoms with Crippen LogP contribution in [0.4, 0.5) is 4.39 Å². The topological polar surface area (TPSA) is 66.5 Å². The third-order valence-corrected chi connectivity index (χ3v) is 4.32. The van der Waals surface area contributed by atoms with Gasteiger partial charge in [0.25, 0.3) is 0 Å². The van der Waals surface area contributed by atoms with Crippen LogP contribution in [0, 0.1) is 5.82 Å². The van der Waals surface area contributed by atoms with Crippen molar-refractivity contribution in [2.24, 2.45) is 0 Å². The Balaban J connectivity index is 2.30. The molecule has 2 atom stereocenters. The van der Waals surface area contributed by atoms with Gasteiger partial charge in [0.1, 0.15) is 21.8 Å². The molecule has 1 saturated heterocycles. The average Bonchev–Trinajstić information content (AvgIpc) is 2.69. The van der Waals surface area contributed by atoms with Gasteiger partial charge in [-0.25, -0.2) is 12.8 Å². The zero-order valence-corrected chi connectivity index (χ0v) is 12.2. The maximum atomic E-state index is 13.8. The van der Waals surface area contributed by atoms with Gasteiger partial charge in [0.05, 0.1) is 12.3 Å². The van der Waals surface area contributed by atoms with Crippen LogP contribution >= 0.6 is 0 Å². The Bertz CT molecular complexity index is 618. The number of amides is 1. The lowest BCUT2D eigenvalue weighted by atomic mass is 10.1. The zero-order chi connectivity index (χ0) is 14.9. The second-order valence-corrected chi connectivity index (χ2v) is 7.23. The molecule has 0 bridgehead atoms. The molecule has 2 rings (SSSR count). The van der Waals surface area contributed by atoms with Crippen LogP contribution in [0.25, 0.3) is 0 Å². The second-order valence-electron chi connectivity index (χ2n) is 5.05. The standard InChI is InChI=1S/C13H17FN2O3S/c1-9(8-20(2,18)19)16-12(17)7-15-13(16)10-5-3-4-6-11(10)14/h3-6,9,13,15H,7-8H2,1-2H3. The lowest BCUT2D eigenvalue weighted by Crippen LogP contribution is -2.41. The van der Waals surface area contributed by atoms with Crippen molar-refractivity contribution >= 4 is 15.7 Å². The smallest absolute Gasteiger partial charge is 0.238 e. The normalized spacial score (nSPS) is 21.2. The first kappa shape index (κ1) is 14.9. The van der Waals surface area contributed by atoms with Crippen LogP contribution in [0.15, 0.2) is 24.3 Å². The molecule has 0 radical (unpaired) electrons. The fourth-order valence-corrected chi connectivity index (χ4v) is 3.53. The van der Waals surface area contributed by atoms with Crippen LogP contribution < -0.4 is 5.32 Å². The number of nitrogens with zero attached hydrogens (tertiary/aromatic N) is 1. The van der Waals surface area contributed by atoms with Crippen molar-refractivity contribution in [1.82, 2.24) is 10.2 Å². The van der Waals surface area contributed by atoms with Crippen LogP contribution in [-0.4, -0.2) is 43.8 Å². The van der Waals surface area contributed by atoms with E-state index >= 15 is 0 Å². The van der Waals surface area contributed by atoms with E-state index in [9.17, 15) is 17.6 Å². The number of hydrogen-bond acceptors (Lipinski definition) is 4. The molecule has 2 unspecified atom stereocenters. The van der Waals surface area contributed by atoms with Crippen LogP contribution in [0.1, 0.15) is 18.7 Å². The molecule has 20 heavy (non-hydrogen) atoms. The Hall–Kier alpha value is -1.47. The number of halogens is 1. The Morgan fingerprint density at radius 3 is 2.70 bits per heavy atom. The predicted octanol–water partition coefficient (Wildman–Crippen LogP) is 0.689. The van der Waals surface area contributed by atoms with Gasteiger partial charge in [-0.15, -0.1) is 0 Å². The summed E-state index contributed by atoms with van der Waals surface area (Å²) in [4.78, 5) is 13.3. The fourth-order valence-electron chi connectivity index (χ4n) is 2.49. The average molecular weight is 300 g/mol. The molecule has 0 spiro atoms. The van der Waals surface area contributed by atoms with Gasteiger partial charge in [0.15, 0.2) is 0 Å². The van der Waals surface area contributed by atoms with Crippen molar-refractivity contribution in [3.8, 4) is 0 Å². The van der Waals surface area contributed by atoms with Crippen LogP contribution in [0.3, 0.4) is 0 Å². The lowest BCUT2D eigenvalue weighted by Gasteiger charge is -2.30. The molecule has 1 aliphatic rings. The van der Waals surface area contributed by atoms with Gasteiger partial charge >= 0.3 is 0 Å². The Morgan fingerprint density at radius 1 is 1.45 bits per heavy atom. The first-order valence-corrected chi connectivity index (χ1v) is 8.32. The van der Waals surface area contributed by atoms with Gasteiger partial charge in [-0.05, 0) is 13.0 Å². The molecule has 1 amide bonds. The Kier molecular flexibility index (Phi) is 4.10. The van der Waals surface area contributed by atoms with Crippen LogP contribution in [0.5, 0.6) is 0 Å². The Morgan fingerprint density at radius 2 is 2.10 bits per heavy atom. The molecule has 0 aromatic heterocycles. The van der Waals surface area contributed by atoms with E-state index in [0.717, 1.165) is 6.26 Å². The minimum atomic E-state index is -3.22. The maximum absolute atomic E-state index is 13.8. The molecule has 1 aromatic carbocycles. The lowest BCUT2D eigenvalue weighted by molar-refractivity contribution is -0.129. The highest BCUT2D eigenvalue weighted by Gasteiger charge is 2.37. The molecular formula is C13H17FN2O3S. The molecular weight excluding hydrogens is 283 g/mol. The summed E-state index contributed by atoms with van der Waals surface area (Å²) in [6.45, 7) is 1.73. The van der Waals surface area contributed by atoms with Crippen molar-refractivity contribution in [1.29, 1.82) is 0 Å².